The van der Waals surface area contributed by atoms with Crippen molar-refractivity contribution in [2.75, 3.05) is 19.6 Å². The zero-order chi connectivity index (χ0) is 20.2. The summed E-state index contributed by atoms with van der Waals surface area (Å²) in [6.45, 7) is 1.88. The van der Waals surface area contributed by atoms with E-state index in [1.54, 1.807) is 30.3 Å². The largest absolute Gasteiger partial charge is 0.327 e. The molecule has 29 heavy (non-hydrogen) atoms. The minimum absolute atomic E-state index is 0.176. The Labute approximate surface area is 166 Å². The highest BCUT2D eigenvalue weighted by Crippen LogP contribution is 2.22. The van der Waals surface area contributed by atoms with E-state index in [0.29, 0.717) is 11.1 Å². The lowest BCUT2D eigenvalue weighted by Gasteiger charge is -2.29. The van der Waals surface area contributed by atoms with Crippen LogP contribution in [0.3, 0.4) is 0 Å². The van der Waals surface area contributed by atoms with Gasteiger partial charge < -0.3 is 4.90 Å². The summed E-state index contributed by atoms with van der Waals surface area (Å²) in [7, 11) is 0. The number of hydrazine groups is 1. The van der Waals surface area contributed by atoms with Crippen molar-refractivity contribution in [3.8, 4) is 0 Å². The summed E-state index contributed by atoms with van der Waals surface area (Å²) in [6, 6.07) is 13.4. The van der Waals surface area contributed by atoms with E-state index < -0.39 is 0 Å². The molecular formula is C20H22FN6O2+. The third-order valence-electron chi connectivity index (χ3n) is 5.20. The second kappa shape index (κ2) is 8.36. The highest BCUT2D eigenvalue weighted by molar-refractivity contribution is 5.95. The Bertz CT molecular complexity index is 1010. The molecule has 0 bridgehead atoms. The van der Waals surface area contributed by atoms with Gasteiger partial charge in [-0.1, -0.05) is 23.4 Å². The standard InChI is InChI=1S/C20H21FN6O2/c21-15-6-7-18-17(12-15)22-25-27(18)16-8-10-26(11-9-16)13-19(28)23-24-20(29)14-4-2-1-3-5-14/h1-7,12,16H,8-11,13H2,(H,23,28)(H,24,29)/p+1. The molecule has 0 unspecified atom stereocenters. The minimum atomic E-state index is -0.345. The van der Waals surface area contributed by atoms with Gasteiger partial charge in [0.05, 0.1) is 24.6 Å². The van der Waals surface area contributed by atoms with Crippen LogP contribution >= 0.6 is 0 Å². The van der Waals surface area contributed by atoms with Gasteiger partial charge in [0.15, 0.2) is 6.54 Å². The van der Waals surface area contributed by atoms with Crippen molar-refractivity contribution in [1.29, 1.82) is 0 Å². The molecule has 1 aliphatic heterocycles. The van der Waals surface area contributed by atoms with E-state index >= 15 is 0 Å². The monoisotopic (exact) mass is 397 g/mol. The first kappa shape index (κ1) is 19.0. The number of carbonyl (C=O) groups is 2. The molecule has 0 radical (unpaired) electrons. The lowest BCUT2D eigenvalue weighted by Crippen LogP contribution is -3.14. The predicted molar refractivity (Wildman–Crippen MR) is 103 cm³/mol. The SMILES string of the molecule is O=C(C[NH+]1CCC(n2nnc3cc(F)ccc32)CC1)NNC(=O)c1ccccc1. The van der Waals surface area contributed by atoms with Crippen LogP contribution in [-0.2, 0) is 4.79 Å². The van der Waals surface area contributed by atoms with E-state index in [1.165, 1.54) is 12.1 Å². The molecule has 1 aromatic heterocycles. The summed E-state index contributed by atoms with van der Waals surface area (Å²) < 4.78 is 15.2. The van der Waals surface area contributed by atoms with Gasteiger partial charge >= 0.3 is 0 Å². The van der Waals surface area contributed by atoms with Gasteiger partial charge in [0.2, 0.25) is 0 Å². The van der Waals surface area contributed by atoms with E-state index in [4.69, 9.17) is 0 Å². The normalized spacial score (nSPS) is 19.1. The number of benzene rings is 2. The van der Waals surface area contributed by atoms with Crippen LogP contribution in [0.25, 0.3) is 11.0 Å². The van der Waals surface area contributed by atoms with Gasteiger partial charge in [-0.05, 0) is 24.3 Å². The molecule has 1 fully saturated rings. The van der Waals surface area contributed by atoms with Crippen molar-refractivity contribution >= 4 is 22.8 Å². The first-order valence-electron chi connectivity index (χ1n) is 9.58. The average Bonchev–Trinajstić information content (AvgIpc) is 3.16. The Balaban J connectivity index is 1.26. The molecule has 1 aliphatic rings. The minimum Gasteiger partial charge on any atom is -0.327 e. The van der Waals surface area contributed by atoms with E-state index in [0.717, 1.165) is 36.3 Å². The number of nitrogens with zero attached hydrogens (tertiary/aromatic N) is 3. The van der Waals surface area contributed by atoms with Crippen LogP contribution in [0, 0.1) is 5.82 Å². The molecule has 2 amide bonds. The van der Waals surface area contributed by atoms with Crippen LogP contribution in [0.4, 0.5) is 4.39 Å². The maximum Gasteiger partial charge on any atom is 0.293 e. The summed E-state index contributed by atoms with van der Waals surface area (Å²) in [5.74, 6) is -0.902. The van der Waals surface area contributed by atoms with Gasteiger partial charge in [0.1, 0.15) is 11.3 Å². The molecule has 9 heteroatoms. The fourth-order valence-corrected chi connectivity index (χ4v) is 3.68. The Morgan fingerprint density at radius 1 is 1.10 bits per heavy atom. The summed E-state index contributed by atoms with van der Waals surface area (Å²) in [4.78, 5) is 25.3. The number of nitrogens with one attached hydrogen (secondary N) is 3. The maximum atomic E-state index is 13.3. The topological polar surface area (TPSA) is 93.3 Å². The number of piperidine rings is 1. The molecule has 4 rings (SSSR count). The molecule has 3 aromatic rings. The second-order valence-electron chi connectivity index (χ2n) is 7.19. The van der Waals surface area contributed by atoms with Gasteiger partial charge in [-0.3, -0.25) is 20.4 Å². The van der Waals surface area contributed by atoms with Crippen molar-refractivity contribution in [2.45, 2.75) is 18.9 Å². The quantitative estimate of drug-likeness (QED) is 0.551. The molecule has 2 aromatic carbocycles. The van der Waals surface area contributed by atoms with Crippen LogP contribution in [0.2, 0.25) is 0 Å². The zero-order valence-corrected chi connectivity index (χ0v) is 15.8. The Morgan fingerprint density at radius 2 is 1.86 bits per heavy atom. The van der Waals surface area contributed by atoms with Gasteiger partial charge in [-0.15, -0.1) is 5.10 Å². The Hall–Kier alpha value is -3.33. The lowest BCUT2D eigenvalue weighted by molar-refractivity contribution is -0.897. The molecule has 0 saturated carbocycles. The van der Waals surface area contributed by atoms with E-state index in [-0.39, 0.29) is 30.2 Å². The van der Waals surface area contributed by atoms with Gasteiger partial charge in [0, 0.05) is 24.5 Å². The Morgan fingerprint density at radius 3 is 2.62 bits per heavy atom. The molecule has 0 spiro atoms. The number of carbonyl (C=O) groups excluding carboxylic acids is 2. The summed E-state index contributed by atoms with van der Waals surface area (Å²) in [5, 5.41) is 8.24. The second-order valence-corrected chi connectivity index (χ2v) is 7.19. The molecule has 150 valence electrons. The number of amides is 2. The van der Waals surface area contributed by atoms with Crippen molar-refractivity contribution in [3.05, 3.63) is 59.9 Å². The number of likely N-dealkylation sites (tertiary alicyclic amines) is 1. The van der Waals surface area contributed by atoms with Crippen LogP contribution in [0.5, 0.6) is 0 Å². The fraction of sp³-hybridized carbons (Fsp3) is 0.300. The first-order chi connectivity index (χ1) is 14.1. The van der Waals surface area contributed by atoms with Gasteiger partial charge in [-0.2, -0.15) is 0 Å². The van der Waals surface area contributed by atoms with Crippen LogP contribution in [0.15, 0.2) is 48.5 Å². The zero-order valence-electron chi connectivity index (χ0n) is 15.8. The van der Waals surface area contributed by atoms with E-state index in [9.17, 15) is 14.0 Å². The predicted octanol–water partition coefficient (Wildman–Crippen LogP) is 0.251. The first-order valence-corrected chi connectivity index (χ1v) is 9.58. The molecule has 2 heterocycles. The average molecular weight is 397 g/mol. The van der Waals surface area contributed by atoms with Crippen molar-refractivity contribution in [2.24, 2.45) is 0 Å². The smallest absolute Gasteiger partial charge is 0.293 e. The number of rotatable bonds is 4. The number of aromatic nitrogens is 3. The number of fused-ring (bicyclic) bond motifs is 1. The van der Waals surface area contributed by atoms with Crippen molar-refractivity contribution in [3.63, 3.8) is 0 Å². The molecule has 8 nitrogen and oxygen atoms in total. The van der Waals surface area contributed by atoms with E-state index in [2.05, 4.69) is 21.2 Å². The van der Waals surface area contributed by atoms with Crippen LogP contribution in [-0.4, -0.2) is 46.4 Å². The van der Waals surface area contributed by atoms with E-state index in [1.807, 2.05) is 10.7 Å². The van der Waals surface area contributed by atoms with Crippen LogP contribution in [0.1, 0.15) is 29.2 Å². The Kier molecular flexibility index (Phi) is 5.48. The molecule has 3 N–H and O–H groups in total. The molecule has 1 saturated heterocycles. The number of hydrogen-bond donors (Lipinski definition) is 3. The summed E-state index contributed by atoms with van der Waals surface area (Å²) >= 11 is 0. The summed E-state index contributed by atoms with van der Waals surface area (Å²) in [5.41, 5.74) is 6.77. The fourth-order valence-electron chi connectivity index (χ4n) is 3.68. The third-order valence-corrected chi connectivity index (χ3v) is 5.20. The van der Waals surface area contributed by atoms with Crippen LogP contribution < -0.4 is 15.8 Å². The highest BCUT2D eigenvalue weighted by Gasteiger charge is 2.27. The molecule has 0 atom stereocenters. The third kappa shape index (κ3) is 4.40. The summed E-state index contributed by atoms with van der Waals surface area (Å²) in [6.07, 6.45) is 1.68. The molecular weight excluding hydrogens is 375 g/mol. The molecule has 0 aliphatic carbocycles. The van der Waals surface area contributed by atoms with Gasteiger partial charge in [-0.25, -0.2) is 9.07 Å². The maximum absolute atomic E-state index is 13.3. The number of halogens is 1. The lowest BCUT2D eigenvalue weighted by atomic mass is 10.0. The number of quaternary nitrogens is 1. The van der Waals surface area contributed by atoms with Crippen molar-refractivity contribution in [1.82, 2.24) is 25.8 Å². The van der Waals surface area contributed by atoms with Gasteiger partial charge in [0.25, 0.3) is 11.8 Å². The highest BCUT2D eigenvalue weighted by atomic mass is 19.1. The van der Waals surface area contributed by atoms with Crippen molar-refractivity contribution < 1.29 is 18.9 Å². The number of hydrogen-bond acceptors (Lipinski definition) is 4.